The molecule has 0 saturated heterocycles. The molecular weight excluding hydrogens is 403 g/mol. The van der Waals surface area contributed by atoms with E-state index >= 15 is 0 Å². The third-order valence-corrected chi connectivity index (χ3v) is 6.43. The Labute approximate surface area is 179 Å². The lowest BCUT2D eigenvalue weighted by atomic mass is 9.68. The van der Waals surface area contributed by atoms with E-state index in [-0.39, 0.29) is 17.2 Å². The van der Waals surface area contributed by atoms with Crippen molar-refractivity contribution in [3.63, 3.8) is 0 Å². The number of aromatic nitrogens is 1. The summed E-state index contributed by atoms with van der Waals surface area (Å²) in [5.74, 6) is 0.173. The number of rotatable bonds is 1. The highest BCUT2D eigenvalue weighted by Gasteiger charge is 2.41. The summed E-state index contributed by atoms with van der Waals surface area (Å²) in [6.07, 6.45) is 3.15. The predicted molar refractivity (Wildman–Crippen MR) is 120 cm³/mol. The van der Waals surface area contributed by atoms with Crippen LogP contribution in [0.25, 0.3) is 16.5 Å². The van der Waals surface area contributed by atoms with Crippen LogP contribution in [0.1, 0.15) is 43.9 Å². The van der Waals surface area contributed by atoms with E-state index in [2.05, 4.69) is 36.3 Å². The van der Waals surface area contributed by atoms with Gasteiger partial charge >= 0.3 is 0 Å². The molecule has 1 aliphatic heterocycles. The minimum Gasteiger partial charge on any atom is -0.373 e. The number of nitrogens with zero attached hydrogens (tertiary/aromatic N) is 1. The van der Waals surface area contributed by atoms with E-state index in [1.807, 2.05) is 24.3 Å². The normalized spacial score (nSPS) is 20.3. The van der Waals surface area contributed by atoms with Crippen LogP contribution >= 0.6 is 23.2 Å². The lowest BCUT2D eigenvalue weighted by Crippen LogP contribution is -2.33. The van der Waals surface area contributed by atoms with E-state index in [1.54, 1.807) is 12.3 Å². The molecule has 0 saturated carbocycles. The number of anilines is 1. The molecule has 146 valence electrons. The van der Waals surface area contributed by atoms with Gasteiger partial charge in [0.2, 0.25) is 0 Å². The van der Waals surface area contributed by atoms with Crippen molar-refractivity contribution in [3.8, 4) is 0 Å². The molecule has 5 heteroatoms. The summed E-state index contributed by atoms with van der Waals surface area (Å²) < 4.78 is 0. The van der Waals surface area contributed by atoms with Crippen molar-refractivity contribution in [2.75, 3.05) is 5.32 Å². The van der Waals surface area contributed by atoms with Crippen LogP contribution in [-0.4, -0.2) is 10.8 Å². The number of hydrogen-bond donors (Lipinski definition) is 1. The lowest BCUT2D eigenvalue weighted by Gasteiger charge is -2.40. The SMILES string of the molecule is CC1(C)CC(=O)C2=C(C1)c1c(ccc3ncccc13)N[C@H]2c1ccc(Cl)cc1Cl. The summed E-state index contributed by atoms with van der Waals surface area (Å²) in [6, 6.07) is 13.3. The van der Waals surface area contributed by atoms with Gasteiger partial charge in [0.1, 0.15) is 0 Å². The number of Topliss-reactive ketones (excluding diaryl/α,β-unsaturated/α-hetero) is 1. The topological polar surface area (TPSA) is 42.0 Å². The zero-order valence-corrected chi connectivity index (χ0v) is 17.7. The van der Waals surface area contributed by atoms with Crippen LogP contribution in [0.2, 0.25) is 10.0 Å². The van der Waals surface area contributed by atoms with E-state index in [0.717, 1.165) is 45.3 Å². The zero-order valence-electron chi connectivity index (χ0n) is 16.2. The number of carbonyl (C=O) groups is 1. The van der Waals surface area contributed by atoms with Crippen molar-refractivity contribution < 1.29 is 4.79 Å². The minimum absolute atomic E-state index is 0.0940. The van der Waals surface area contributed by atoms with E-state index in [9.17, 15) is 4.79 Å². The molecule has 3 nitrogen and oxygen atoms in total. The summed E-state index contributed by atoms with van der Waals surface area (Å²) in [5.41, 5.74) is 5.72. The highest BCUT2D eigenvalue weighted by molar-refractivity contribution is 6.35. The molecule has 29 heavy (non-hydrogen) atoms. The number of benzene rings is 2. The standard InChI is InChI=1S/C24H20Cl2N2O/c1-24(2)11-16-21-15-4-3-9-27-18(15)7-8-19(21)28-23(22(16)20(29)12-24)14-6-5-13(25)10-17(14)26/h3-10,23,28H,11-12H2,1-2H3/t23-/m0/s1. The molecule has 3 aromatic rings. The van der Waals surface area contributed by atoms with Gasteiger partial charge in [0.05, 0.1) is 11.6 Å². The number of ketones is 1. The smallest absolute Gasteiger partial charge is 0.162 e. The Bertz CT molecular complexity index is 1210. The molecule has 1 atom stereocenters. The van der Waals surface area contributed by atoms with Gasteiger partial charge in [-0.15, -0.1) is 0 Å². The summed E-state index contributed by atoms with van der Waals surface area (Å²) in [7, 11) is 0. The summed E-state index contributed by atoms with van der Waals surface area (Å²) >= 11 is 12.7. The fourth-order valence-corrected chi connectivity index (χ4v) is 5.20. The van der Waals surface area contributed by atoms with Gasteiger partial charge in [-0.1, -0.05) is 49.2 Å². The van der Waals surface area contributed by atoms with Crippen molar-refractivity contribution in [1.82, 2.24) is 4.98 Å². The van der Waals surface area contributed by atoms with Gasteiger partial charge in [0.15, 0.2) is 5.78 Å². The Morgan fingerprint density at radius 2 is 1.93 bits per heavy atom. The van der Waals surface area contributed by atoms with Crippen molar-refractivity contribution in [3.05, 3.63) is 75.4 Å². The molecular formula is C24H20Cl2N2O. The molecule has 0 amide bonds. The molecule has 0 spiro atoms. The van der Waals surface area contributed by atoms with Gasteiger partial charge in [-0.25, -0.2) is 0 Å². The third-order valence-electron chi connectivity index (χ3n) is 5.87. The van der Waals surface area contributed by atoms with Crippen LogP contribution in [0, 0.1) is 5.41 Å². The second kappa shape index (κ2) is 6.58. The molecule has 0 radical (unpaired) electrons. The van der Waals surface area contributed by atoms with E-state index < -0.39 is 0 Å². The van der Waals surface area contributed by atoms with Crippen LogP contribution in [0.3, 0.4) is 0 Å². The van der Waals surface area contributed by atoms with Crippen molar-refractivity contribution >= 4 is 51.1 Å². The summed E-state index contributed by atoms with van der Waals surface area (Å²) in [4.78, 5) is 17.9. The molecule has 2 aliphatic rings. The summed E-state index contributed by atoms with van der Waals surface area (Å²) in [5, 5.41) is 5.80. The van der Waals surface area contributed by atoms with Crippen LogP contribution in [-0.2, 0) is 4.79 Å². The van der Waals surface area contributed by atoms with Crippen LogP contribution in [0.15, 0.2) is 54.2 Å². The van der Waals surface area contributed by atoms with Crippen LogP contribution < -0.4 is 5.32 Å². The predicted octanol–water partition coefficient (Wildman–Crippen LogP) is 6.85. The summed E-state index contributed by atoms with van der Waals surface area (Å²) in [6.45, 7) is 4.31. The average molecular weight is 423 g/mol. The molecule has 1 aliphatic carbocycles. The second-order valence-corrected chi connectivity index (χ2v) is 9.48. The Morgan fingerprint density at radius 3 is 2.72 bits per heavy atom. The lowest BCUT2D eigenvalue weighted by molar-refractivity contribution is -0.118. The maximum Gasteiger partial charge on any atom is 0.162 e. The van der Waals surface area contributed by atoms with Crippen LogP contribution in [0.5, 0.6) is 0 Å². The number of fused-ring (bicyclic) bond motifs is 4. The number of carbonyl (C=O) groups excluding carboxylic acids is 1. The fourth-order valence-electron chi connectivity index (χ4n) is 4.69. The minimum atomic E-state index is -0.292. The second-order valence-electron chi connectivity index (χ2n) is 8.63. The van der Waals surface area contributed by atoms with Crippen LogP contribution in [0.4, 0.5) is 5.69 Å². The highest BCUT2D eigenvalue weighted by atomic mass is 35.5. The Hall–Kier alpha value is -2.36. The first kappa shape index (κ1) is 18.7. The van der Waals surface area contributed by atoms with E-state index in [0.29, 0.717) is 16.5 Å². The fraction of sp³-hybridized carbons (Fsp3) is 0.250. The Kier molecular flexibility index (Phi) is 4.23. The monoisotopic (exact) mass is 422 g/mol. The zero-order chi connectivity index (χ0) is 20.3. The van der Waals surface area contributed by atoms with Gasteiger partial charge in [-0.05, 0) is 53.3 Å². The maximum absolute atomic E-state index is 13.4. The van der Waals surface area contributed by atoms with Gasteiger partial charge in [-0.2, -0.15) is 0 Å². The van der Waals surface area contributed by atoms with Crippen molar-refractivity contribution in [2.24, 2.45) is 5.41 Å². The van der Waals surface area contributed by atoms with Crippen molar-refractivity contribution in [1.29, 1.82) is 0 Å². The highest BCUT2D eigenvalue weighted by Crippen LogP contribution is 2.52. The molecule has 2 heterocycles. The number of hydrogen-bond acceptors (Lipinski definition) is 3. The van der Waals surface area contributed by atoms with Gasteiger partial charge in [0.25, 0.3) is 0 Å². The first-order valence-corrected chi connectivity index (χ1v) is 10.5. The first-order valence-electron chi connectivity index (χ1n) is 9.70. The Morgan fingerprint density at radius 1 is 1.10 bits per heavy atom. The number of pyridine rings is 1. The average Bonchev–Trinajstić information content (AvgIpc) is 2.66. The third kappa shape index (κ3) is 3.04. The molecule has 0 unspecified atom stereocenters. The molecule has 2 aromatic carbocycles. The van der Waals surface area contributed by atoms with Crippen molar-refractivity contribution in [2.45, 2.75) is 32.7 Å². The van der Waals surface area contributed by atoms with Gasteiger partial charge < -0.3 is 5.32 Å². The van der Waals surface area contributed by atoms with E-state index in [1.165, 1.54) is 0 Å². The molecule has 1 aromatic heterocycles. The molecule has 1 N–H and O–H groups in total. The quantitative estimate of drug-likeness (QED) is 0.465. The largest absolute Gasteiger partial charge is 0.373 e. The Balaban J connectivity index is 1.81. The molecule has 0 fully saturated rings. The molecule has 0 bridgehead atoms. The number of allylic oxidation sites excluding steroid dienone is 1. The van der Waals surface area contributed by atoms with Gasteiger partial charge in [0, 0.05) is 44.9 Å². The first-order chi connectivity index (χ1) is 13.8. The number of halogens is 2. The number of nitrogens with one attached hydrogen (secondary N) is 1. The maximum atomic E-state index is 13.4. The molecule has 5 rings (SSSR count). The van der Waals surface area contributed by atoms with E-state index in [4.69, 9.17) is 23.2 Å². The van der Waals surface area contributed by atoms with Gasteiger partial charge in [-0.3, -0.25) is 9.78 Å².